The molecule has 0 saturated heterocycles. The minimum absolute atomic E-state index is 0.117. The molecule has 0 spiro atoms. The molecule has 0 unspecified atom stereocenters. The minimum Gasteiger partial charge on any atom is -0.213 e. The van der Waals surface area contributed by atoms with Crippen molar-refractivity contribution in [3.63, 3.8) is 0 Å². The van der Waals surface area contributed by atoms with E-state index in [0.29, 0.717) is 0 Å². The van der Waals surface area contributed by atoms with Gasteiger partial charge in [0.05, 0.1) is 6.26 Å². The molecule has 17 heavy (non-hydrogen) atoms. The quantitative estimate of drug-likeness (QED) is 0.842. The third-order valence-electron chi connectivity index (χ3n) is 5.40. The van der Waals surface area contributed by atoms with Crippen LogP contribution in [0.5, 0.6) is 0 Å². The van der Waals surface area contributed by atoms with Crippen molar-refractivity contribution in [2.75, 3.05) is 6.26 Å². The van der Waals surface area contributed by atoms with Gasteiger partial charge in [-0.1, -0.05) is 0 Å². The predicted molar refractivity (Wildman–Crippen MR) is 68.0 cm³/mol. The van der Waals surface area contributed by atoms with Crippen molar-refractivity contribution < 1.29 is 8.42 Å². The molecule has 0 aromatic heterocycles. The first-order valence-electron chi connectivity index (χ1n) is 6.84. The van der Waals surface area contributed by atoms with Crippen molar-refractivity contribution in [2.24, 2.45) is 23.2 Å². The highest BCUT2D eigenvalue weighted by Crippen LogP contribution is 2.61. The van der Waals surface area contributed by atoms with E-state index in [2.05, 4.69) is 11.6 Å². The Kier molecular flexibility index (Phi) is 2.61. The van der Waals surface area contributed by atoms with Crippen LogP contribution in [-0.4, -0.2) is 20.7 Å². The second-order valence-corrected chi connectivity index (χ2v) is 8.67. The molecule has 3 nitrogen and oxygen atoms in total. The summed E-state index contributed by atoms with van der Waals surface area (Å²) >= 11 is 0. The molecule has 4 bridgehead atoms. The largest absolute Gasteiger partial charge is 0.213 e. The summed E-state index contributed by atoms with van der Waals surface area (Å²) < 4.78 is 25.7. The van der Waals surface area contributed by atoms with Crippen LogP contribution >= 0.6 is 0 Å². The topological polar surface area (TPSA) is 46.2 Å². The molecule has 4 aliphatic rings. The summed E-state index contributed by atoms with van der Waals surface area (Å²) in [5.74, 6) is 2.64. The van der Waals surface area contributed by atoms with Gasteiger partial charge in [-0.05, 0) is 68.6 Å². The van der Waals surface area contributed by atoms with Gasteiger partial charge in [-0.3, -0.25) is 0 Å². The maximum Gasteiger partial charge on any atom is 0.208 e. The van der Waals surface area contributed by atoms with E-state index in [0.717, 1.165) is 17.8 Å². The van der Waals surface area contributed by atoms with Crippen molar-refractivity contribution in [3.05, 3.63) is 0 Å². The van der Waals surface area contributed by atoms with E-state index >= 15 is 0 Å². The average Bonchev–Trinajstić information content (AvgIpc) is 2.12. The smallest absolute Gasteiger partial charge is 0.208 e. The molecule has 0 aromatic rings. The molecule has 4 heteroatoms. The van der Waals surface area contributed by atoms with Crippen LogP contribution in [0.2, 0.25) is 0 Å². The van der Waals surface area contributed by atoms with E-state index in [1.165, 1.54) is 44.8 Å². The lowest BCUT2D eigenvalue weighted by Crippen LogP contribution is -2.55. The zero-order valence-electron chi connectivity index (χ0n) is 10.8. The van der Waals surface area contributed by atoms with Gasteiger partial charge in [0.1, 0.15) is 0 Å². The fraction of sp³-hybridized carbons (Fsp3) is 1.00. The normalized spacial score (nSPS) is 46.1. The van der Waals surface area contributed by atoms with Crippen LogP contribution in [0.25, 0.3) is 0 Å². The first-order valence-corrected chi connectivity index (χ1v) is 8.73. The van der Waals surface area contributed by atoms with Crippen LogP contribution in [0.1, 0.15) is 45.4 Å². The molecule has 0 aromatic carbocycles. The summed E-state index contributed by atoms with van der Waals surface area (Å²) in [5, 5.41) is 0. The van der Waals surface area contributed by atoms with Gasteiger partial charge in [-0.2, -0.15) is 0 Å². The van der Waals surface area contributed by atoms with Crippen LogP contribution in [0, 0.1) is 23.2 Å². The van der Waals surface area contributed by atoms with E-state index in [9.17, 15) is 8.42 Å². The Bertz CT molecular complexity index is 380. The molecule has 4 rings (SSSR count). The first kappa shape index (κ1) is 12.0. The van der Waals surface area contributed by atoms with Gasteiger partial charge < -0.3 is 0 Å². The lowest BCUT2D eigenvalue weighted by Gasteiger charge is -2.59. The van der Waals surface area contributed by atoms with E-state index in [-0.39, 0.29) is 11.5 Å². The Morgan fingerprint density at radius 1 is 1.06 bits per heavy atom. The van der Waals surface area contributed by atoms with Gasteiger partial charge in [-0.15, -0.1) is 0 Å². The number of rotatable bonds is 3. The molecule has 0 amide bonds. The van der Waals surface area contributed by atoms with Crippen molar-refractivity contribution in [2.45, 2.75) is 51.5 Å². The van der Waals surface area contributed by atoms with Gasteiger partial charge in [0, 0.05) is 6.04 Å². The van der Waals surface area contributed by atoms with Crippen LogP contribution in [0.15, 0.2) is 0 Å². The maximum atomic E-state index is 11.4. The highest BCUT2D eigenvalue weighted by molar-refractivity contribution is 7.88. The lowest BCUT2D eigenvalue weighted by molar-refractivity contribution is -0.0665. The van der Waals surface area contributed by atoms with Crippen molar-refractivity contribution in [1.29, 1.82) is 0 Å². The first-order chi connectivity index (χ1) is 7.86. The average molecular weight is 257 g/mol. The molecule has 4 aliphatic carbocycles. The van der Waals surface area contributed by atoms with Gasteiger partial charge in [0.15, 0.2) is 0 Å². The maximum absolute atomic E-state index is 11.4. The van der Waals surface area contributed by atoms with Crippen molar-refractivity contribution in [1.82, 2.24) is 4.72 Å². The van der Waals surface area contributed by atoms with Gasteiger partial charge in [-0.25, -0.2) is 13.1 Å². The molecule has 98 valence electrons. The highest BCUT2D eigenvalue weighted by atomic mass is 32.2. The predicted octanol–water partition coefficient (Wildman–Crippen LogP) is 2.14. The standard InChI is InChI=1S/C13H23NO2S/c1-9(14-17(2,15)16)13-6-10-3-11(7-13)5-12(4-10)8-13/h9-12,14H,3-8H2,1-2H3/t9-,10?,11?,12?,13?/m0/s1. The third kappa shape index (κ3) is 2.14. The zero-order chi connectivity index (χ0) is 12.3. The summed E-state index contributed by atoms with van der Waals surface area (Å²) in [4.78, 5) is 0. The van der Waals surface area contributed by atoms with E-state index in [4.69, 9.17) is 0 Å². The van der Waals surface area contributed by atoms with Crippen molar-refractivity contribution in [3.8, 4) is 0 Å². The highest BCUT2D eigenvalue weighted by Gasteiger charge is 2.53. The molecular formula is C13H23NO2S. The summed E-state index contributed by atoms with van der Waals surface area (Å²) in [6.45, 7) is 2.08. The number of hydrogen-bond acceptors (Lipinski definition) is 2. The lowest BCUT2D eigenvalue weighted by atomic mass is 9.48. The van der Waals surface area contributed by atoms with Crippen molar-refractivity contribution >= 4 is 10.0 Å². The van der Waals surface area contributed by atoms with Crippen LogP contribution in [-0.2, 0) is 10.0 Å². The van der Waals surface area contributed by atoms with E-state index in [1.54, 1.807) is 0 Å². The second-order valence-electron chi connectivity index (χ2n) is 6.89. The monoisotopic (exact) mass is 257 g/mol. The Balaban J connectivity index is 1.82. The number of hydrogen-bond donors (Lipinski definition) is 1. The summed E-state index contributed by atoms with van der Waals surface area (Å²) in [6, 6.07) is 0.117. The molecule has 4 fully saturated rings. The summed E-state index contributed by atoms with van der Waals surface area (Å²) in [7, 11) is -3.07. The molecule has 0 aliphatic heterocycles. The Labute approximate surface area is 104 Å². The fourth-order valence-electron chi connectivity index (χ4n) is 5.15. The fourth-order valence-corrected chi connectivity index (χ4v) is 6.05. The molecule has 0 heterocycles. The molecular weight excluding hydrogens is 234 g/mol. The second kappa shape index (κ2) is 3.70. The minimum atomic E-state index is -3.07. The number of nitrogens with one attached hydrogen (secondary N) is 1. The van der Waals surface area contributed by atoms with Gasteiger partial charge >= 0.3 is 0 Å². The van der Waals surface area contributed by atoms with E-state index in [1.807, 2.05) is 0 Å². The van der Waals surface area contributed by atoms with Gasteiger partial charge in [0.25, 0.3) is 0 Å². The van der Waals surface area contributed by atoms with Gasteiger partial charge in [0.2, 0.25) is 10.0 Å². The van der Waals surface area contributed by atoms with Crippen LogP contribution in [0.4, 0.5) is 0 Å². The SMILES string of the molecule is C[C@H](NS(C)(=O)=O)C12CC3CC(CC(C3)C1)C2. The Morgan fingerprint density at radius 2 is 1.47 bits per heavy atom. The summed E-state index contributed by atoms with van der Waals surface area (Å²) in [5.41, 5.74) is 0.276. The summed E-state index contributed by atoms with van der Waals surface area (Å²) in [6.07, 6.45) is 9.26. The van der Waals surface area contributed by atoms with Crippen LogP contribution < -0.4 is 4.72 Å². The van der Waals surface area contributed by atoms with E-state index < -0.39 is 10.0 Å². The Morgan fingerprint density at radius 3 is 1.82 bits per heavy atom. The number of sulfonamides is 1. The van der Waals surface area contributed by atoms with Crippen LogP contribution in [0.3, 0.4) is 0 Å². The zero-order valence-corrected chi connectivity index (χ0v) is 11.6. The molecule has 4 saturated carbocycles. The third-order valence-corrected chi connectivity index (χ3v) is 6.18. The molecule has 1 atom stereocenters. The molecule has 0 radical (unpaired) electrons. The molecule has 1 N–H and O–H groups in total. The Hall–Kier alpha value is -0.0900.